The van der Waals surface area contributed by atoms with Gasteiger partial charge in [0.25, 0.3) is 0 Å². The lowest BCUT2D eigenvalue weighted by atomic mass is 10.1. The van der Waals surface area contributed by atoms with E-state index in [1.54, 1.807) is 13.1 Å². The predicted octanol–water partition coefficient (Wildman–Crippen LogP) is 0.0979. The molecule has 0 amide bonds. The van der Waals surface area contributed by atoms with Crippen LogP contribution in [0.4, 0.5) is 0 Å². The quantitative estimate of drug-likeness (QED) is 0.394. The zero-order chi connectivity index (χ0) is 12.3. The summed E-state index contributed by atoms with van der Waals surface area (Å²) in [6, 6.07) is 0. The fraction of sp³-hybridized carbons (Fsp3) is 0.300. The topological polar surface area (TPSA) is 106 Å². The highest BCUT2D eigenvalue weighted by molar-refractivity contribution is 5.96. The Balaban J connectivity index is 2.53. The molecule has 0 unspecified atom stereocenters. The number of ether oxygens (including phenoxy) is 1. The number of carbonyl (C=O) groups is 1. The van der Waals surface area contributed by atoms with Gasteiger partial charge in [0.2, 0.25) is 0 Å². The molecule has 7 nitrogen and oxygen atoms in total. The molecule has 17 heavy (non-hydrogen) atoms. The number of carbonyl (C=O) groups excluding carboxylic acids is 1. The van der Waals surface area contributed by atoms with Crippen LogP contribution in [0.1, 0.15) is 22.8 Å². The first-order valence-electron chi connectivity index (χ1n) is 5.19. The van der Waals surface area contributed by atoms with Crippen molar-refractivity contribution in [3.05, 3.63) is 23.5 Å². The molecule has 0 aliphatic rings. The van der Waals surface area contributed by atoms with Crippen molar-refractivity contribution in [2.45, 2.75) is 13.5 Å². The van der Waals surface area contributed by atoms with Gasteiger partial charge >= 0.3 is 5.97 Å². The van der Waals surface area contributed by atoms with Gasteiger partial charge in [-0.1, -0.05) is 0 Å². The molecule has 0 aromatic carbocycles. The van der Waals surface area contributed by atoms with E-state index in [0.29, 0.717) is 24.4 Å². The third kappa shape index (κ3) is 2.10. The Morgan fingerprint density at radius 2 is 2.41 bits per heavy atom. The standard InChI is InChI=1S/C10H13N5O2/c1-2-17-10(16)8-3-12-9-7(5-14-15-9)6(8)4-13-11/h3,5,13H,2,4,11H2,1H3,(H,12,14,15). The van der Waals surface area contributed by atoms with E-state index in [1.165, 1.54) is 6.20 Å². The van der Waals surface area contributed by atoms with Crippen LogP contribution >= 0.6 is 0 Å². The Bertz CT molecular complexity index is 536. The number of nitrogens with zero attached hydrogens (tertiary/aromatic N) is 2. The van der Waals surface area contributed by atoms with Crippen molar-refractivity contribution in [1.82, 2.24) is 20.6 Å². The minimum absolute atomic E-state index is 0.317. The highest BCUT2D eigenvalue weighted by atomic mass is 16.5. The number of pyridine rings is 1. The van der Waals surface area contributed by atoms with Gasteiger partial charge in [-0.25, -0.2) is 9.78 Å². The third-order valence-electron chi connectivity index (χ3n) is 2.37. The number of H-pyrrole nitrogens is 1. The number of hydrogen-bond acceptors (Lipinski definition) is 6. The average Bonchev–Trinajstić information content (AvgIpc) is 2.78. The molecule has 0 atom stereocenters. The Hall–Kier alpha value is -1.99. The molecule has 0 aliphatic heterocycles. The second-order valence-corrected chi connectivity index (χ2v) is 3.38. The summed E-state index contributed by atoms with van der Waals surface area (Å²) in [4.78, 5) is 15.8. The van der Waals surface area contributed by atoms with Gasteiger partial charge in [0.1, 0.15) is 0 Å². The SMILES string of the molecule is CCOC(=O)c1cnc2[nH]ncc2c1CNN. The van der Waals surface area contributed by atoms with E-state index in [2.05, 4.69) is 20.6 Å². The molecule has 0 bridgehead atoms. The lowest BCUT2D eigenvalue weighted by molar-refractivity contribution is 0.0524. The Morgan fingerprint density at radius 3 is 3.12 bits per heavy atom. The summed E-state index contributed by atoms with van der Waals surface area (Å²) in [7, 11) is 0. The Kier molecular flexibility index (Phi) is 3.31. The van der Waals surface area contributed by atoms with E-state index < -0.39 is 5.97 Å². The normalized spacial score (nSPS) is 10.7. The smallest absolute Gasteiger partial charge is 0.340 e. The van der Waals surface area contributed by atoms with Crippen molar-refractivity contribution < 1.29 is 9.53 Å². The summed E-state index contributed by atoms with van der Waals surface area (Å²) >= 11 is 0. The molecular weight excluding hydrogens is 222 g/mol. The van der Waals surface area contributed by atoms with Crippen LogP contribution in [0.15, 0.2) is 12.4 Å². The van der Waals surface area contributed by atoms with Gasteiger partial charge in [0, 0.05) is 18.1 Å². The third-order valence-corrected chi connectivity index (χ3v) is 2.37. The predicted molar refractivity (Wildman–Crippen MR) is 60.9 cm³/mol. The van der Waals surface area contributed by atoms with Crippen molar-refractivity contribution in [3.8, 4) is 0 Å². The number of hydrogen-bond donors (Lipinski definition) is 3. The summed E-state index contributed by atoms with van der Waals surface area (Å²) in [6.45, 7) is 2.41. The van der Waals surface area contributed by atoms with E-state index in [0.717, 1.165) is 10.9 Å². The van der Waals surface area contributed by atoms with E-state index in [4.69, 9.17) is 10.6 Å². The molecule has 2 aromatic rings. The summed E-state index contributed by atoms with van der Waals surface area (Å²) < 4.78 is 4.96. The second kappa shape index (κ2) is 4.89. The monoisotopic (exact) mass is 235 g/mol. The summed E-state index contributed by atoms with van der Waals surface area (Å²) in [6.07, 6.45) is 3.07. The molecular formula is C10H13N5O2. The van der Waals surface area contributed by atoms with Crippen molar-refractivity contribution >= 4 is 17.0 Å². The Labute approximate surface area is 97.3 Å². The molecule has 0 fully saturated rings. The summed E-state index contributed by atoms with van der Waals surface area (Å²) in [5.41, 5.74) is 4.27. The molecule has 0 saturated carbocycles. The molecule has 0 aliphatic carbocycles. The minimum atomic E-state index is -0.409. The van der Waals surface area contributed by atoms with Crippen LogP contribution in [-0.4, -0.2) is 27.8 Å². The molecule has 90 valence electrons. The fourth-order valence-corrected chi connectivity index (χ4v) is 1.63. The van der Waals surface area contributed by atoms with Gasteiger partial charge < -0.3 is 4.74 Å². The number of esters is 1. The largest absolute Gasteiger partial charge is 0.462 e. The van der Waals surface area contributed by atoms with Crippen LogP contribution in [0.2, 0.25) is 0 Å². The molecule has 0 saturated heterocycles. The molecule has 2 heterocycles. The van der Waals surface area contributed by atoms with Gasteiger partial charge in [-0.15, -0.1) is 0 Å². The van der Waals surface area contributed by atoms with Crippen LogP contribution in [0, 0.1) is 0 Å². The maximum absolute atomic E-state index is 11.7. The van der Waals surface area contributed by atoms with E-state index in [-0.39, 0.29) is 0 Å². The lowest BCUT2D eigenvalue weighted by Gasteiger charge is -2.08. The maximum atomic E-state index is 11.7. The number of aromatic nitrogens is 3. The first kappa shape index (κ1) is 11.5. The van der Waals surface area contributed by atoms with Gasteiger partial charge in [-0.3, -0.25) is 16.4 Å². The molecule has 2 rings (SSSR count). The zero-order valence-corrected chi connectivity index (χ0v) is 9.36. The van der Waals surface area contributed by atoms with Crippen LogP contribution in [-0.2, 0) is 11.3 Å². The molecule has 7 heteroatoms. The number of nitrogens with two attached hydrogens (primary N) is 1. The molecule has 0 radical (unpaired) electrons. The number of aromatic amines is 1. The van der Waals surface area contributed by atoms with Crippen LogP contribution in [0.5, 0.6) is 0 Å². The maximum Gasteiger partial charge on any atom is 0.340 e. The van der Waals surface area contributed by atoms with Gasteiger partial charge in [-0.2, -0.15) is 5.10 Å². The lowest BCUT2D eigenvalue weighted by Crippen LogP contribution is -2.23. The zero-order valence-electron chi connectivity index (χ0n) is 9.36. The van der Waals surface area contributed by atoms with Gasteiger partial charge in [0.15, 0.2) is 5.65 Å². The first-order valence-corrected chi connectivity index (χ1v) is 5.19. The van der Waals surface area contributed by atoms with Crippen LogP contribution in [0.3, 0.4) is 0 Å². The molecule has 0 spiro atoms. The van der Waals surface area contributed by atoms with E-state index >= 15 is 0 Å². The van der Waals surface area contributed by atoms with Crippen molar-refractivity contribution in [1.29, 1.82) is 0 Å². The average molecular weight is 235 g/mol. The summed E-state index contributed by atoms with van der Waals surface area (Å²) in [5.74, 6) is 4.90. The van der Waals surface area contributed by atoms with Crippen molar-refractivity contribution in [3.63, 3.8) is 0 Å². The number of fused-ring (bicyclic) bond motifs is 1. The van der Waals surface area contributed by atoms with E-state index in [9.17, 15) is 4.79 Å². The molecule has 4 N–H and O–H groups in total. The number of hydrazine groups is 1. The first-order chi connectivity index (χ1) is 8.27. The minimum Gasteiger partial charge on any atom is -0.462 e. The second-order valence-electron chi connectivity index (χ2n) is 3.38. The van der Waals surface area contributed by atoms with Crippen molar-refractivity contribution in [2.24, 2.45) is 5.84 Å². The Morgan fingerprint density at radius 1 is 1.59 bits per heavy atom. The fourth-order valence-electron chi connectivity index (χ4n) is 1.63. The van der Waals surface area contributed by atoms with Crippen LogP contribution < -0.4 is 11.3 Å². The van der Waals surface area contributed by atoms with Gasteiger partial charge in [0.05, 0.1) is 18.4 Å². The van der Waals surface area contributed by atoms with Crippen molar-refractivity contribution in [2.75, 3.05) is 6.61 Å². The highest BCUT2D eigenvalue weighted by Crippen LogP contribution is 2.19. The number of nitrogens with one attached hydrogen (secondary N) is 2. The molecule has 2 aromatic heterocycles. The highest BCUT2D eigenvalue weighted by Gasteiger charge is 2.16. The van der Waals surface area contributed by atoms with Gasteiger partial charge in [-0.05, 0) is 12.5 Å². The van der Waals surface area contributed by atoms with E-state index in [1.807, 2.05) is 0 Å². The summed E-state index contributed by atoms with van der Waals surface area (Å²) in [5, 5.41) is 7.37. The van der Waals surface area contributed by atoms with Crippen LogP contribution in [0.25, 0.3) is 11.0 Å². The number of rotatable bonds is 4.